The van der Waals surface area contributed by atoms with E-state index in [4.69, 9.17) is 16.3 Å². The van der Waals surface area contributed by atoms with Crippen molar-refractivity contribution in [2.75, 3.05) is 32.2 Å². The third-order valence-corrected chi connectivity index (χ3v) is 2.97. The topological polar surface area (TPSA) is 25.4 Å². The fourth-order valence-corrected chi connectivity index (χ4v) is 1.66. The zero-order chi connectivity index (χ0) is 12.8. The zero-order valence-corrected chi connectivity index (χ0v) is 11.8. The quantitative estimate of drug-likeness (QED) is 0.732. The van der Waals surface area contributed by atoms with Gasteiger partial charge in [-0.3, -0.25) is 0 Å². The minimum absolute atomic E-state index is 0.410. The van der Waals surface area contributed by atoms with E-state index in [1.807, 2.05) is 13.1 Å². The van der Waals surface area contributed by atoms with Gasteiger partial charge in [0.25, 0.3) is 0 Å². The largest absolute Gasteiger partial charge is 0.383 e. The average Bonchev–Trinajstić information content (AvgIpc) is 2.35. The molecule has 96 valence electrons. The van der Waals surface area contributed by atoms with Crippen molar-refractivity contribution in [2.24, 2.45) is 0 Å². The van der Waals surface area contributed by atoms with E-state index in [2.05, 4.69) is 29.8 Å². The molecule has 3 nitrogen and oxygen atoms in total. The van der Waals surface area contributed by atoms with Gasteiger partial charge in [-0.2, -0.15) is 0 Å². The van der Waals surface area contributed by atoms with E-state index in [1.165, 1.54) is 0 Å². The molecule has 1 rings (SSSR count). The second-order valence-electron chi connectivity index (χ2n) is 4.46. The van der Waals surface area contributed by atoms with Crippen molar-refractivity contribution in [3.8, 4) is 0 Å². The van der Waals surface area contributed by atoms with Crippen LogP contribution in [0.1, 0.15) is 31.0 Å². The molecule has 0 amide bonds. The Morgan fingerprint density at radius 3 is 2.65 bits per heavy atom. The predicted molar refractivity (Wildman–Crippen MR) is 73.0 cm³/mol. The van der Waals surface area contributed by atoms with Crippen LogP contribution in [0.2, 0.25) is 0 Å². The zero-order valence-electron chi connectivity index (χ0n) is 11.0. The maximum Gasteiger partial charge on any atom is 0.128 e. The summed E-state index contributed by atoms with van der Waals surface area (Å²) in [6.07, 6.45) is 0. The highest BCUT2D eigenvalue weighted by molar-refractivity contribution is 6.17. The van der Waals surface area contributed by atoms with Gasteiger partial charge >= 0.3 is 0 Å². The number of hydrogen-bond acceptors (Lipinski definition) is 3. The number of likely N-dealkylation sites (N-methyl/N-ethyl adjacent to an activating group) is 1. The Bertz CT molecular complexity index is 355. The maximum absolute atomic E-state index is 5.91. The van der Waals surface area contributed by atoms with Crippen LogP contribution < -0.4 is 4.90 Å². The number of halogens is 1. The highest BCUT2D eigenvalue weighted by Crippen LogP contribution is 2.20. The van der Waals surface area contributed by atoms with E-state index in [1.54, 1.807) is 7.11 Å². The summed E-state index contributed by atoms with van der Waals surface area (Å²) in [5.41, 5.74) is 2.20. The predicted octanol–water partition coefficient (Wildman–Crippen LogP) is 3.03. The molecule has 0 aliphatic carbocycles. The first-order valence-corrected chi connectivity index (χ1v) is 6.38. The van der Waals surface area contributed by atoms with Crippen molar-refractivity contribution in [2.45, 2.75) is 25.6 Å². The van der Waals surface area contributed by atoms with E-state index in [9.17, 15) is 0 Å². The standard InChI is InChI=1S/C13H21ClN2O/c1-10(2)12-7-11(9-14)8-13(15-12)16(3)5-6-17-4/h7-8,10H,5-6,9H2,1-4H3. The van der Waals surface area contributed by atoms with Crippen LogP contribution in [0.25, 0.3) is 0 Å². The van der Waals surface area contributed by atoms with Gasteiger partial charge in [-0.25, -0.2) is 4.98 Å². The first-order valence-electron chi connectivity index (χ1n) is 5.85. The molecule has 0 aliphatic rings. The Labute approximate surface area is 109 Å². The lowest BCUT2D eigenvalue weighted by atomic mass is 10.1. The van der Waals surface area contributed by atoms with Gasteiger partial charge in [0.1, 0.15) is 5.82 Å². The molecule has 0 aliphatic heterocycles. The summed E-state index contributed by atoms with van der Waals surface area (Å²) in [7, 11) is 3.72. The summed E-state index contributed by atoms with van der Waals surface area (Å²) in [5.74, 6) is 1.89. The summed E-state index contributed by atoms with van der Waals surface area (Å²) in [4.78, 5) is 6.73. The number of ether oxygens (including phenoxy) is 1. The summed E-state index contributed by atoms with van der Waals surface area (Å²) < 4.78 is 5.07. The Morgan fingerprint density at radius 1 is 1.41 bits per heavy atom. The van der Waals surface area contributed by atoms with Crippen molar-refractivity contribution in [1.82, 2.24) is 4.98 Å². The van der Waals surface area contributed by atoms with E-state index in [-0.39, 0.29) is 0 Å². The van der Waals surface area contributed by atoms with E-state index >= 15 is 0 Å². The summed E-state index contributed by atoms with van der Waals surface area (Å²) in [6, 6.07) is 4.11. The SMILES string of the molecule is COCCN(C)c1cc(CCl)cc(C(C)C)n1. The van der Waals surface area contributed by atoms with Gasteiger partial charge in [0, 0.05) is 32.3 Å². The van der Waals surface area contributed by atoms with Crippen LogP contribution >= 0.6 is 11.6 Å². The van der Waals surface area contributed by atoms with Gasteiger partial charge in [0.15, 0.2) is 0 Å². The molecule has 0 unspecified atom stereocenters. The lowest BCUT2D eigenvalue weighted by Gasteiger charge is -2.20. The highest BCUT2D eigenvalue weighted by atomic mass is 35.5. The maximum atomic E-state index is 5.91. The lowest BCUT2D eigenvalue weighted by molar-refractivity contribution is 0.206. The van der Waals surface area contributed by atoms with Crippen molar-refractivity contribution < 1.29 is 4.74 Å². The number of anilines is 1. The number of methoxy groups -OCH3 is 1. The molecule has 1 aromatic heterocycles. The number of pyridine rings is 1. The number of aromatic nitrogens is 1. The Kier molecular flexibility index (Phi) is 5.72. The third-order valence-electron chi connectivity index (χ3n) is 2.66. The smallest absolute Gasteiger partial charge is 0.128 e. The van der Waals surface area contributed by atoms with Crippen LogP contribution in [0.5, 0.6) is 0 Å². The van der Waals surface area contributed by atoms with Crippen LogP contribution in [0, 0.1) is 0 Å². The number of hydrogen-bond donors (Lipinski definition) is 0. The fraction of sp³-hybridized carbons (Fsp3) is 0.615. The summed E-state index contributed by atoms with van der Waals surface area (Å²) in [6.45, 7) is 5.80. The highest BCUT2D eigenvalue weighted by Gasteiger charge is 2.09. The Hall–Kier alpha value is -0.800. The van der Waals surface area contributed by atoms with Crippen molar-refractivity contribution in [3.05, 3.63) is 23.4 Å². The molecule has 1 heterocycles. The van der Waals surface area contributed by atoms with Crippen LogP contribution in [-0.2, 0) is 10.6 Å². The molecule has 0 fully saturated rings. The molecule has 0 N–H and O–H groups in total. The van der Waals surface area contributed by atoms with E-state index in [0.717, 1.165) is 23.6 Å². The van der Waals surface area contributed by atoms with Crippen LogP contribution in [0.3, 0.4) is 0 Å². The molecule has 0 aromatic carbocycles. The second kappa shape index (κ2) is 6.82. The summed E-state index contributed by atoms with van der Waals surface area (Å²) >= 11 is 5.91. The van der Waals surface area contributed by atoms with Crippen molar-refractivity contribution in [1.29, 1.82) is 0 Å². The Balaban J connectivity index is 2.93. The number of rotatable bonds is 6. The first-order chi connectivity index (χ1) is 8.08. The fourth-order valence-electron chi connectivity index (χ4n) is 1.51. The Morgan fingerprint density at radius 2 is 2.12 bits per heavy atom. The molecule has 0 saturated heterocycles. The van der Waals surface area contributed by atoms with Gasteiger partial charge in [-0.1, -0.05) is 13.8 Å². The molecule has 1 aromatic rings. The monoisotopic (exact) mass is 256 g/mol. The molecule has 0 radical (unpaired) electrons. The lowest BCUT2D eigenvalue weighted by Crippen LogP contribution is -2.23. The normalized spacial score (nSPS) is 10.9. The van der Waals surface area contributed by atoms with Gasteiger partial charge in [-0.05, 0) is 23.6 Å². The summed E-state index contributed by atoms with van der Waals surface area (Å²) in [5, 5.41) is 0. The minimum Gasteiger partial charge on any atom is -0.383 e. The van der Waals surface area contributed by atoms with Crippen molar-refractivity contribution in [3.63, 3.8) is 0 Å². The van der Waals surface area contributed by atoms with Gasteiger partial charge in [-0.15, -0.1) is 11.6 Å². The van der Waals surface area contributed by atoms with Crippen molar-refractivity contribution >= 4 is 17.4 Å². The average molecular weight is 257 g/mol. The van der Waals surface area contributed by atoms with Gasteiger partial charge < -0.3 is 9.64 Å². The molecule has 4 heteroatoms. The molecule has 0 bridgehead atoms. The molecule has 0 spiro atoms. The van der Waals surface area contributed by atoms with Crippen LogP contribution in [0.4, 0.5) is 5.82 Å². The number of nitrogens with zero attached hydrogens (tertiary/aromatic N) is 2. The number of alkyl halides is 1. The molecule has 17 heavy (non-hydrogen) atoms. The van der Waals surface area contributed by atoms with E-state index < -0.39 is 0 Å². The van der Waals surface area contributed by atoms with Gasteiger partial charge in [0.05, 0.1) is 6.61 Å². The minimum atomic E-state index is 0.410. The van der Waals surface area contributed by atoms with Gasteiger partial charge in [0.2, 0.25) is 0 Å². The molecular weight excluding hydrogens is 236 g/mol. The first kappa shape index (κ1) is 14.3. The van der Waals surface area contributed by atoms with Crippen LogP contribution in [0.15, 0.2) is 12.1 Å². The third kappa shape index (κ3) is 4.17. The molecule has 0 atom stereocenters. The second-order valence-corrected chi connectivity index (χ2v) is 4.73. The molecular formula is C13H21ClN2O. The van der Waals surface area contributed by atoms with E-state index in [0.29, 0.717) is 18.4 Å². The van der Waals surface area contributed by atoms with Crippen LogP contribution in [-0.4, -0.2) is 32.3 Å². The molecule has 0 saturated carbocycles.